The van der Waals surface area contributed by atoms with Gasteiger partial charge < -0.3 is 14.8 Å². The Labute approximate surface area is 195 Å². The van der Waals surface area contributed by atoms with E-state index in [1.165, 1.54) is 29.0 Å². The van der Waals surface area contributed by atoms with Crippen LogP contribution < -0.4 is 10.1 Å². The molecule has 0 fully saturated rings. The molecule has 2 aromatic carbocycles. The van der Waals surface area contributed by atoms with Gasteiger partial charge in [0.15, 0.2) is 6.61 Å². The van der Waals surface area contributed by atoms with Gasteiger partial charge in [-0.2, -0.15) is 5.10 Å². The number of hydrogen-bond acceptors (Lipinski definition) is 5. The number of rotatable bonds is 9. The fraction of sp³-hybridized carbons (Fsp3) is 0.208. The minimum absolute atomic E-state index is 0.263. The topological polar surface area (TPSA) is 82.4 Å². The van der Waals surface area contributed by atoms with Crippen LogP contribution in [-0.4, -0.2) is 41.9 Å². The van der Waals surface area contributed by atoms with E-state index in [9.17, 15) is 14.0 Å². The first-order valence-corrected chi connectivity index (χ1v) is 10.5. The van der Waals surface area contributed by atoms with Crippen LogP contribution in [0.5, 0.6) is 5.75 Å². The number of ether oxygens (including phenoxy) is 2. The molecule has 1 amide bonds. The highest BCUT2D eigenvalue weighted by molar-refractivity contribution is 6.31. The zero-order chi connectivity index (χ0) is 23.8. The molecule has 0 saturated heterocycles. The zero-order valence-corrected chi connectivity index (χ0v) is 18.9. The first-order valence-electron chi connectivity index (χ1n) is 10.1. The number of esters is 1. The van der Waals surface area contributed by atoms with Crippen LogP contribution in [0.25, 0.3) is 11.8 Å². The van der Waals surface area contributed by atoms with E-state index in [1.807, 2.05) is 24.3 Å². The summed E-state index contributed by atoms with van der Waals surface area (Å²) >= 11 is 6.37. The van der Waals surface area contributed by atoms with Crippen molar-refractivity contribution in [1.82, 2.24) is 15.1 Å². The first-order chi connectivity index (χ1) is 15.9. The van der Waals surface area contributed by atoms with Crippen molar-refractivity contribution in [3.63, 3.8) is 0 Å². The van der Waals surface area contributed by atoms with Gasteiger partial charge in [-0.3, -0.25) is 4.79 Å². The van der Waals surface area contributed by atoms with E-state index in [4.69, 9.17) is 21.1 Å². The van der Waals surface area contributed by atoms with Crippen LogP contribution in [0.4, 0.5) is 4.39 Å². The number of benzene rings is 2. The van der Waals surface area contributed by atoms with Gasteiger partial charge >= 0.3 is 5.97 Å². The summed E-state index contributed by atoms with van der Waals surface area (Å²) in [5, 5.41) is 7.28. The summed E-state index contributed by atoms with van der Waals surface area (Å²) in [5.41, 5.74) is 2.72. The van der Waals surface area contributed by atoms with Gasteiger partial charge in [-0.25, -0.2) is 13.9 Å². The second-order valence-corrected chi connectivity index (χ2v) is 7.43. The number of hydrogen-bond donors (Lipinski definition) is 1. The van der Waals surface area contributed by atoms with E-state index in [2.05, 4.69) is 10.4 Å². The smallest absolute Gasteiger partial charge is 0.331 e. The van der Waals surface area contributed by atoms with E-state index >= 15 is 0 Å². The molecule has 7 nitrogen and oxygen atoms in total. The number of aromatic nitrogens is 2. The molecule has 0 aliphatic rings. The lowest BCUT2D eigenvalue weighted by atomic mass is 10.1. The van der Waals surface area contributed by atoms with Gasteiger partial charge in [-0.05, 0) is 61.4 Å². The molecule has 3 rings (SSSR count). The van der Waals surface area contributed by atoms with Crippen molar-refractivity contribution < 1.29 is 23.5 Å². The zero-order valence-electron chi connectivity index (χ0n) is 18.2. The van der Waals surface area contributed by atoms with Crippen molar-refractivity contribution in [2.75, 3.05) is 20.3 Å². The summed E-state index contributed by atoms with van der Waals surface area (Å²) in [4.78, 5) is 23.9. The second kappa shape index (κ2) is 11.3. The van der Waals surface area contributed by atoms with Gasteiger partial charge in [0.05, 0.1) is 18.5 Å². The molecule has 3 aromatic rings. The number of nitrogens with zero attached hydrogens (tertiary/aromatic N) is 2. The molecule has 9 heteroatoms. The summed E-state index contributed by atoms with van der Waals surface area (Å²) < 4.78 is 24.7. The van der Waals surface area contributed by atoms with Gasteiger partial charge in [0.25, 0.3) is 5.91 Å². The minimum atomic E-state index is -0.690. The molecule has 1 aromatic heterocycles. The van der Waals surface area contributed by atoms with E-state index < -0.39 is 18.5 Å². The number of aryl methyl sites for hydroxylation is 1. The molecular formula is C24H23ClFN3O4. The Bertz CT molecular complexity index is 1140. The molecule has 0 bridgehead atoms. The lowest BCUT2D eigenvalue weighted by Crippen LogP contribution is -2.30. The van der Waals surface area contributed by atoms with Gasteiger partial charge in [-0.15, -0.1) is 0 Å². The van der Waals surface area contributed by atoms with Crippen LogP contribution in [0, 0.1) is 12.7 Å². The van der Waals surface area contributed by atoms with E-state index in [0.29, 0.717) is 29.9 Å². The van der Waals surface area contributed by atoms with Gasteiger partial charge in [0.2, 0.25) is 0 Å². The molecule has 0 spiro atoms. The van der Waals surface area contributed by atoms with Crippen LogP contribution in [0.1, 0.15) is 16.8 Å². The van der Waals surface area contributed by atoms with Gasteiger partial charge in [0, 0.05) is 18.2 Å². The third kappa shape index (κ3) is 6.66. The molecule has 0 atom stereocenters. The molecule has 0 radical (unpaired) electrons. The number of amides is 1. The Balaban J connectivity index is 1.47. The quantitative estimate of drug-likeness (QED) is 0.378. The third-order valence-corrected chi connectivity index (χ3v) is 5.11. The van der Waals surface area contributed by atoms with Crippen molar-refractivity contribution in [3.8, 4) is 11.4 Å². The van der Waals surface area contributed by atoms with Gasteiger partial charge in [-0.1, -0.05) is 23.7 Å². The normalized spacial score (nSPS) is 10.9. The predicted molar refractivity (Wildman–Crippen MR) is 123 cm³/mol. The third-order valence-electron chi connectivity index (χ3n) is 4.75. The minimum Gasteiger partial charge on any atom is -0.497 e. The number of carbonyl (C=O) groups excluding carboxylic acids is 2. The summed E-state index contributed by atoms with van der Waals surface area (Å²) in [6.07, 6.45) is 3.28. The molecule has 1 N–H and O–H groups in total. The van der Waals surface area contributed by atoms with Crippen molar-refractivity contribution >= 4 is 29.6 Å². The molecule has 0 aliphatic heterocycles. The van der Waals surface area contributed by atoms with Crippen LogP contribution in [-0.2, 0) is 20.7 Å². The first kappa shape index (κ1) is 24.0. The number of carbonyl (C=O) groups is 2. The summed E-state index contributed by atoms with van der Waals surface area (Å²) in [5.74, 6) is -0.692. The standard InChI is InChI=1S/C24H23ClFN3O4/c1-16-21(24(25)29(28-16)19-7-5-18(26)6-8-19)11-12-23(31)33-15-22(30)27-14-13-17-3-9-20(32-2)10-4-17/h3-12H,13-15H2,1-2H3,(H,27,30)/b12-11+. The Morgan fingerprint density at radius 2 is 1.85 bits per heavy atom. The Kier molecular flexibility index (Phi) is 8.21. The molecule has 33 heavy (non-hydrogen) atoms. The average molecular weight is 472 g/mol. The maximum Gasteiger partial charge on any atom is 0.331 e. The summed E-state index contributed by atoms with van der Waals surface area (Å²) in [7, 11) is 1.60. The molecule has 0 unspecified atom stereocenters. The number of methoxy groups -OCH3 is 1. The molecular weight excluding hydrogens is 449 g/mol. The van der Waals surface area contributed by atoms with Crippen LogP contribution in [0.15, 0.2) is 54.6 Å². The second-order valence-electron chi connectivity index (χ2n) is 7.07. The molecule has 172 valence electrons. The maximum atomic E-state index is 13.1. The Morgan fingerprint density at radius 1 is 1.15 bits per heavy atom. The van der Waals surface area contributed by atoms with E-state index in [1.54, 1.807) is 26.2 Å². The summed E-state index contributed by atoms with van der Waals surface area (Å²) in [6, 6.07) is 13.2. The maximum absolute atomic E-state index is 13.1. The van der Waals surface area contributed by atoms with Crippen LogP contribution >= 0.6 is 11.6 Å². The van der Waals surface area contributed by atoms with E-state index in [0.717, 1.165) is 11.3 Å². The fourth-order valence-corrected chi connectivity index (χ4v) is 3.31. The Hall–Kier alpha value is -3.65. The largest absolute Gasteiger partial charge is 0.497 e. The van der Waals surface area contributed by atoms with Gasteiger partial charge in [0.1, 0.15) is 16.7 Å². The lowest BCUT2D eigenvalue weighted by molar-refractivity contribution is -0.143. The fourth-order valence-electron chi connectivity index (χ4n) is 2.98. The van der Waals surface area contributed by atoms with E-state index in [-0.39, 0.29) is 11.0 Å². The predicted octanol–water partition coefficient (Wildman–Crippen LogP) is 3.90. The summed E-state index contributed by atoms with van der Waals surface area (Å²) in [6.45, 7) is 1.75. The highest BCUT2D eigenvalue weighted by Gasteiger charge is 2.13. The number of nitrogens with one attached hydrogen (secondary N) is 1. The highest BCUT2D eigenvalue weighted by Crippen LogP contribution is 2.24. The molecule has 1 heterocycles. The van der Waals surface area contributed by atoms with Crippen molar-refractivity contribution in [2.24, 2.45) is 0 Å². The SMILES string of the molecule is COc1ccc(CCNC(=O)COC(=O)/C=C/c2c(C)nn(-c3ccc(F)cc3)c2Cl)cc1. The lowest BCUT2D eigenvalue weighted by Gasteiger charge is -2.06. The van der Waals surface area contributed by atoms with Crippen molar-refractivity contribution in [1.29, 1.82) is 0 Å². The monoisotopic (exact) mass is 471 g/mol. The molecule has 0 aliphatic carbocycles. The van der Waals surface area contributed by atoms with Crippen LogP contribution in [0.3, 0.4) is 0 Å². The average Bonchev–Trinajstić information content (AvgIpc) is 3.10. The van der Waals surface area contributed by atoms with Crippen LogP contribution in [0.2, 0.25) is 5.15 Å². The Morgan fingerprint density at radius 3 is 2.52 bits per heavy atom. The van der Waals surface area contributed by atoms with Crippen molar-refractivity contribution in [2.45, 2.75) is 13.3 Å². The highest BCUT2D eigenvalue weighted by atomic mass is 35.5. The van der Waals surface area contributed by atoms with Crippen molar-refractivity contribution in [3.05, 3.63) is 82.4 Å². The molecule has 0 saturated carbocycles. The number of halogens is 2.